The van der Waals surface area contributed by atoms with Crippen LogP contribution in [0.15, 0.2) is 35.5 Å². The molecule has 4 aliphatic heterocycles. The zero-order chi connectivity index (χ0) is 29.5. The lowest BCUT2D eigenvalue weighted by Gasteiger charge is -2.50. The zero-order valence-electron chi connectivity index (χ0n) is 25.1. The quantitative estimate of drug-likeness (QED) is 0.196. The molecule has 5 aliphatic rings. The van der Waals surface area contributed by atoms with Gasteiger partial charge in [0, 0.05) is 31.2 Å². The van der Waals surface area contributed by atoms with Crippen LogP contribution >= 0.6 is 0 Å². The van der Waals surface area contributed by atoms with E-state index < -0.39 is 47.4 Å². The molecule has 9 nitrogen and oxygen atoms in total. The molecule has 4 fully saturated rings. The SMILES string of the molecule is CC[C@H]1O[C@]2(CC[C@@H]1C)C[C@@H]1C[C@@H](C/C=C(\C)C[C@@H](C)/C=C/C=C3\CO[C@@H]4C(=O)C(C)C(NN)[C@@H](C(=O)O1)[C@]34O)O2. The predicted octanol–water partition coefficient (Wildman–Crippen LogP) is 3.65. The molecule has 0 aromatic rings. The van der Waals surface area contributed by atoms with Crippen LogP contribution < -0.4 is 11.3 Å². The van der Waals surface area contributed by atoms with Crippen molar-refractivity contribution >= 4 is 11.8 Å². The minimum absolute atomic E-state index is 0.0469. The number of rotatable bonds is 2. The van der Waals surface area contributed by atoms with Gasteiger partial charge >= 0.3 is 5.97 Å². The molecule has 3 saturated heterocycles. The molecule has 0 aromatic heterocycles. The molecule has 41 heavy (non-hydrogen) atoms. The molecule has 4 heterocycles. The van der Waals surface area contributed by atoms with Gasteiger partial charge in [0.2, 0.25) is 0 Å². The van der Waals surface area contributed by atoms with E-state index in [-0.39, 0.29) is 30.5 Å². The van der Waals surface area contributed by atoms with Gasteiger partial charge in [-0.3, -0.25) is 20.9 Å². The van der Waals surface area contributed by atoms with E-state index in [2.05, 4.69) is 45.3 Å². The van der Waals surface area contributed by atoms with Crippen LogP contribution in [0.3, 0.4) is 0 Å². The number of ether oxygens (including phenoxy) is 4. The van der Waals surface area contributed by atoms with Gasteiger partial charge in [-0.2, -0.15) is 0 Å². The first-order chi connectivity index (χ1) is 19.5. The van der Waals surface area contributed by atoms with E-state index in [4.69, 9.17) is 24.8 Å². The average molecular weight is 573 g/mol. The van der Waals surface area contributed by atoms with Crippen LogP contribution in [0.25, 0.3) is 0 Å². The summed E-state index contributed by atoms with van der Waals surface area (Å²) in [6.07, 6.45) is 11.3. The second-order valence-corrected chi connectivity index (χ2v) is 13.2. The third kappa shape index (κ3) is 5.74. The summed E-state index contributed by atoms with van der Waals surface area (Å²) in [5.41, 5.74) is 2.53. The number of carbonyl (C=O) groups is 2. The highest BCUT2D eigenvalue weighted by atomic mass is 16.7. The van der Waals surface area contributed by atoms with Gasteiger partial charge in [-0.15, -0.1) is 0 Å². The van der Waals surface area contributed by atoms with Gasteiger partial charge in [0.25, 0.3) is 0 Å². The second kappa shape index (κ2) is 12.0. The first-order valence-electron chi connectivity index (χ1n) is 15.4. The van der Waals surface area contributed by atoms with Crippen molar-refractivity contribution in [1.29, 1.82) is 0 Å². The fourth-order valence-corrected chi connectivity index (χ4v) is 7.73. The lowest BCUT2D eigenvalue weighted by atomic mass is 9.64. The highest BCUT2D eigenvalue weighted by molar-refractivity contribution is 5.93. The molecule has 1 aliphatic carbocycles. The molecule has 1 spiro atoms. The summed E-state index contributed by atoms with van der Waals surface area (Å²) < 4.78 is 25.5. The smallest absolute Gasteiger partial charge is 0.314 e. The Labute approximate surface area is 243 Å². The number of nitrogens with one attached hydrogen (secondary N) is 1. The number of hydrogen-bond acceptors (Lipinski definition) is 9. The standard InChI is InChI=1S/C32H48N2O7/c1-6-25-20(4)12-13-31(41-25)16-24-15-23(40-31)11-10-19(3)14-18(2)8-7-9-22-17-38-29-28(35)21(5)27(34-33)26(30(36)39-24)32(22,29)37/h7-10,18,20-21,23-27,29,34,37H,6,11-17,33H2,1-5H3/b8-7+,19-10+,22-9+/t18-,20-,21?,23+,24-,25+,26-,27?,29+,31+,32+/m0/s1. The lowest BCUT2D eigenvalue weighted by Crippen LogP contribution is -2.69. The van der Waals surface area contributed by atoms with Crippen LogP contribution in [0.5, 0.6) is 0 Å². The summed E-state index contributed by atoms with van der Waals surface area (Å²) in [4.78, 5) is 27.5. The molecule has 4 N–H and O–H groups in total. The van der Waals surface area contributed by atoms with E-state index in [9.17, 15) is 14.7 Å². The highest BCUT2D eigenvalue weighted by Crippen LogP contribution is 2.48. The van der Waals surface area contributed by atoms with Crippen molar-refractivity contribution in [1.82, 2.24) is 5.43 Å². The zero-order valence-corrected chi connectivity index (χ0v) is 25.1. The monoisotopic (exact) mass is 572 g/mol. The molecule has 0 radical (unpaired) electrons. The number of allylic oxidation sites excluding steroid dienone is 4. The summed E-state index contributed by atoms with van der Waals surface area (Å²) in [5, 5.41) is 12.2. The van der Waals surface area contributed by atoms with Gasteiger partial charge < -0.3 is 24.1 Å². The van der Waals surface area contributed by atoms with E-state index in [1.165, 1.54) is 5.57 Å². The van der Waals surface area contributed by atoms with Crippen LogP contribution in [-0.4, -0.2) is 65.3 Å². The summed E-state index contributed by atoms with van der Waals surface area (Å²) in [6.45, 7) is 10.4. The maximum absolute atomic E-state index is 14.2. The minimum Gasteiger partial charge on any atom is -0.462 e. The molecule has 1 saturated carbocycles. The number of esters is 1. The molecular weight excluding hydrogens is 524 g/mol. The lowest BCUT2D eigenvalue weighted by molar-refractivity contribution is -0.335. The number of hydrogen-bond donors (Lipinski definition) is 3. The summed E-state index contributed by atoms with van der Waals surface area (Å²) in [7, 11) is 0. The predicted molar refractivity (Wildman–Crippen MR) is 153 cm³/mol. The number of carbonyl (C=O) groups excluding carboxylic acids is 2. The molecule has 0 aromatic carbocycles. The van der Waals surface area contributed by atoms with Crippen molar-refractivity contribution in [2.75, 3.05) is 6.61 Å². The Hall–Kier alpha value is -1.88. The maximum atomic E-state index is 14.2. The number of hydrazine groups is 1. The number of Topliss-reactive ketones (excluding diaryl/α,β-unsaturated/α-hetero) is 1. The second-order valence-electron chi connectivity index (χ2n) is 13.2. The minimum atomic E-state index is -1.87. The Morgan fingerprint density at radius 2 is 1.95 bits per heavy atom. The Morgan fingerprint density at radius 1 is 1.17 bits per heavy atom. The van der Waals surface area contributed by atoms with E-state index in [1.54, 1.807) is 13.0 Å². The van der Waals surface area contributed by atoms with Crippen molar-refractivity contribution in [2.24, 2.45) is 29.5 Å². The van der Waals surface area contributed by atoms with Crippen LogP contribution in [0, 0.1) is 23.7 Å². The van der Waals surface area contributed by atoms with E-state index in [1.807, 2.05) is 6.08 Å². The molecule has 2 bridgehead atoms. The Balaban J connectivity index is 1.54. The Bertz CT molecular complexity index is 1100. The van der Waals surface area contributed by atoms with Gasteiger partial charge in [0.1, 0.15) is 23.7 Å². The maximum Gasteiger partial charge on any atom is 0.314 e. The fourth-order valence-electron chi connectivity index (χ4n) is 7.73. The number of nitrogens with two attached hydrogens (primary N) is 1. The van der Waals surface area contributed by atoms with E-state index >= 15 is 0 Å². The topological polar surface area (TPSA) is 129 Å². The number of ketones is 1. The molecule has 9 heteroatoms. The first kappa shape index (κ1) is 30.6. The third-order valence-corrected chi connectivity index (χ3v) is 10.1. The molecular formula is C32H48N2O7. The van der Waals surface area contributed by atoms with Gasteiger partial charge in [0.05, 0.1) is 18.8 Å². The largest absolute Gasteiger partial charge is 0.462 e. The van der Waals surface area contributed by atoms with Crippen LogP contribution in [0.4, 0.5) is 0 Å². The van der Waals surface area contributed by atoms with Crippen molar-refractivity contribution in [3.8, 4) is 0 Å². The summed E-state index contributed by atoms with van der Waals surface area (Å²) >= 11 is 0. The van der Waals surface area contributed by atoms with E-state index in [0.29, 0.717) is 30.8 Å². The molecule has 2 unspecified atom stereocenters. The molecule has 5 rings (SSSR count). The number of fused-ring (bicyclic) bond motifs is 2. The van der Waals surface area contributed by atoms with Gasteiger partial charge in [-0.25, -0.2) is 0 Å². The highest BCUT2D eigenvalue weighted by Gasteiger charge is 2.66. The van der Waals surface area contributed by atoms with Crippen LogP contribution in [0.1, 0.15) is 79.6 Å². The van der Waals surface area contributed by atoms with Gasteiger partial charge in [-0.05, 0) is 50.0 Å². The number of aliphatic hydroxyl groups is 1. The van der Waals surface area contributed by atoms with Gasteiger partial charge in [0.15, 0.2) is 11.6 Å². The molecule has 0 amide bonds. The summed E-state index contributed by atoms with van der Waals surface area (Å²) in [5.74, 6) is 3.12. The normalized spacial score (nSPS) is 48.9. The van der Waals surface area contributed by atoms with Gasteiger partial charge in [-0.1, -0.05) is 57.6 Å². The average Bonchev–Trinajstić information content (AvgIpc) is 3.26. The van der Waals surface area contributed by atoms with Crippen LogP contribution in [0.2, 0.25) is 0 Å². The van der Waals surface area contributed by atoms with Crippen molar-refractivity contribution in [2.45, 2.75) is 121 Å². The Morgan fingerprint density at radius 3 is 2.68 bits per heavy atom. The third-order valence-electron chi connectivity index (χ3n) is 10.1. The van der Waals surface area contributed by atoms with Crippen LogP contribution in [-0.2, 0) is 28.5 Å². The van der Waals surface area contributed by atoms with Crippen molar-refractivity contribution < 1.29 is 33.6 Å². The van der Waals surface area contributed by atoms with E-state index in [0.717, 1.165) is 25.7 Å². The fraction of sp³-hybridized carbons (Fsp3) is 0.750. The van der Waals surface area contributed by atoms with Crippen molar-refractivity contribution in [3.63, 3.8) is 0 Å². The first-order valence-corrected chi connectivity index (χ1v) is 15.4. The summed E-state index contributed by atoms with van der Waals surface area (Å²) in [6, 6.07) is -0.824. The molecule has 11 atom stereocenters. The molecule has 228 valence electrons. The van der Waals surface area contributed by atoms with Crippen molar-refractivity contribution in [3.05, 3.63) is 35.5 Å². The Kier molecular flexibility index (Phi) is 8.96.